The molecular weight excluding hydrogens is 780 g/mol. The Balaban J connectivity index is 1.60. The van der Waals surface area contributed by atoms with Crippen LogP contribution >= 0.6 is 0 Å². The monoisotopic (exact) mass is 828 g/mol. The van der Waals surface area contributed by atoms with Gasteiger partial charge in [0.25, 0.3) is 0 Å². The molecule has 0 bridgehead atoms. The Kier molecular flexibility index (Phi) is 16.5. The number of benzene rings is 3. The molecule has 7 N–H and O–H groups in total. The molecule has 18 nitrogen and oxygen atoms in total. The number of carbonyl (C=O) groups excluding carboxylic acids is 5. The smallest absolute Gasteiger partial charge is 0.342 e. The lowest BCUT2D eigenvalue weighted by Gasteiger charge is -2.20. The predicted octanol–water partition coefficient (Wildman–Crippen LogP) is 4.37. The molecule has 3 aromatic carbocycles. The fraction of sp³-hybridized carbons (Fsp3) is 0.415. The molecule has 3 aromatic rings. The number of methoxy groups -OCH3 is 1. The molecule has 0 aromatic heterocycles. The van der Waals surface area contributed by atoms with Crippen LogP contribution in [0.15, 0.2) is 36.4 Å². The zero-order valence-corrected chi connectivity index (χ0v) is 33.2. The van der Waals surface area contributed by atoms with Crippen LogP contribution in [0.4, 0.5) is 0 Å². The van der Waals surface area contributed by atoms with E-state index in [1.807, 2.05) is 0 Å². The lowest BCUT2D eigenvalue weighted by molar-refractivity contribution is -0.151. The molecule has 0 fully saturated rings. The second kappa shape index (κ2) is 20.7. The summed E-state index contributed by atoms with van der Waals surface area (Å²) in [6.45, 7) is 7.30. The van der Waals surface area contributed by atoms with Crippen molar-refractivity contribution in [2.24, 2.45) is 0 Å². The summed E-state index contributed by atoms with van der Waals surface area (Å²) in [6.07, 6.45) is -6.27. The van der Waals surface area contributed by atoms with Gasteiger partial charge in [-0.15, -0.1) is 0 Å². The number of rotatable bonds is 20. The normalized spacial score (nSPS) is 13.6. The highest BCUT2D eigenvalue weighted by molar-refractivity contribution is 5.97. The summed E-state index contributed by atoms with van der Waals surface area (Å²) >= 11 is 0. The number of esters is 4. The molecule has 0 aliphatic rings. The number of ether oxygens (including phenoxy) is 5. The van der Waals surface area contributed by atoms with Gasteiger partial charge in [-0.3, -0.25) is 14.4 Å². The van der Waals surface area contributed by atoms with E-state index in [1.54, 1.807) is 6.92 Å². The van der Waals surface area contributed by atoms with E-state index in [-0.39, 0.29) is 53.7 Å². The molecule has 3 rings (SSSR count). The second-order valence-electron chi connectivity index (χ2n) is 14.1. The number of aromatic hydroxyl groups is 6. The molecule has 0 aliphatic carbocycles. The van der Waals surface area contributed by atoms with Gasteiger partial charge in [0.1, 0.15) is 81.4 Å². The number of carbonyl (C=O) groups is 6. The van der Waals surface area contributed by atoms with Gasteiger partial charge in [0.2, 0.25) is 0 Å². The number of carboxylic acid groups (broad SMARTS) is 1. The maximum Gasteiger partial charge on any atom is 0.342 e. The van der Waals surface area contributed by atoms with Gasteiger partial charge in [-0.2, -0.15) is 0 Å². The fourth-order valence-corrected chi connectivity index (χ4v) is 6.16. The van der Waals surface area contributed by atoms with Crippen LogP contribution in [0.5, 0.6) is 34.5 Å². The first-order chi connectivity index (χ1) is 27.6. The Labute approximate surface area is 338 Å². The van der Waals surface area contributed by atoms with Gasteiger partial charge in [0.05, 0.1) is 18.9 Å². The van der Waals surface area contributed by atoms with Crippen LogP contribution in [-0.4, -0.2) is 109 Å². The van der Waals surface area contributed by atoms with Crippen LogP contribution in [0.25, 0.3) is 0 Å². The Bertz CT molecular complexity index is 2060. The van der Waals surface area contributed by atoms with Crippen LogP contribution in [0.2, 0.25) is 0 Å². The molecular formula is C41H48O18. The largest absolute Gasteiger partial charge is 0.508 e. The van der Waals surface area contributed by atoms with Crippen LogP contribution in [0.3, 0.4) is 0 Å². The summed E-state index contributed by atoms with van der Waals surface area (Å²) in [4.78, 5) is 75.9. The molecule has 320 valence electrons. The molecule has 0 radical (unpaired) electrons. The van der Waals surface area contributed by atoms with Gasteiger partial charge >= 0.3 is 29.8 Å². The van der Waals surface area contributed by atoms with E-state index in [4.69, 9.17) is 23.7 Å². The Hall–Kier alpha value is -6.56. The summed E-state index contributed by atoms with van der Waals surface area (Å²) < 4.78 is 26.5. The summed E-state index contributed by atoms with van der Waals surface area (Å²) in [5.41, 5.74) is -1.24. The quantitative estimate of drug-likeness (QED) is 0.0614. The third kappa shape index (κ3) is 13.8. The molecule has 59 heavy (non-hydrogen) atoms. The Morgan fingerprint density at radius 3 is 1.27 bits per heavy atom. The van der Waals surface area contributed by atoms with Gasteiger partial charge < -0.3 is 59.4 Å². The molecule has 0 heterocycles. The van der Waals surface area contributed by atoms with Gasteiger partial charge in [0, 0.05) is 51.0 Å². The van der Waals surface area contributed by atoms with Gasteiger partial charge in [-0.1, -0.05) is 0 Å². The maximum absolute atomic E-state index is 13.2. The number of carboxylic acids is 1. The van der Waals surface area contributed by atoms with Crippen molar-refractivity contribution >= 4 is 35.6 Å². The summed E-state index contributed by atoms with van der Waals surface area (Å²) in [5.74, 6) is -8.90. The fourth-order valence-electron chi connectivity index (χ4n) is 6.16. The maximum atomic E-state index is 13.2. The molecule has 5 unspecified atom stereocenters. The third-order valence-corrected chi connectivity index (χ3v) is 8.68. The molecule has 5 atom stereocenters. The lowest BCUT2D eigenvalue weighted by atomic mass is 9.98. The van der Waals surface area contributed by atoms with Crippen molar-refractivity contribution in [2.75, 3.05) is 7.11 Å². The lowest BCUT2D eigenvalue weighted by Crippen LogP contribution is -2.26. The first kappa shape index (κ1) is 46.8. The predicted molar refractivity (Wildman–Crippen MR) is 204 cm³/mol. The first-order valence-corrected chi connectivity index (χ1v) is 18.3. The molecule has 0 aliphatic heterocycles. The Morgan fingerprint density at radius 2 is 0.864 bits per heavy atom. The van der Waals surface area contributed by atoms with Crippen molar-refractivity contribution in [3.05, 3.63) is 69.8 Å². The van der Waals surface area contributed by atoms with Crippen LogP contribution in [-0.2, 0) is 57.3 Å². The minimum Gasteiger partial charge on any atom is -0.508 e. The summed E-state index contributed by atoms with van der Waals surface area (Å²) in [6, 6.07) is 6.03. The Morgan fingerprint density at radius 1 is 0.492 bits per heavy atom. The number of phenols is 6. The number of phenolic OH excluding ortho intramolecular Hbond substituents is 5. The van der Waals surface area contributed by atoms with Crippen LogP contribution in [0, 0.1) is 0 Å². The topological polar surface area (TPSA) is 290 Å². The number of Topliss-reactive ketones (excluding diaryl/α,β-unsaturated/α-hetero) is 1. The van der Waals surface area contributed by atoms with E-state index in [2.05, 4.69) is 0 Å². The molecule has 18 heteroatoms. The second-order valence-corrected chi connectivity index (χ2v) is 14.1. The van der Waals surface area contributed by atoms with Crippen LogP contribution < -0.4 is 0 Å². The van der Waals surface area contributed by atoms with E-state index >= 15 is 0 Å². The standard InChI is InChI=1S/C41H48O18/c1-19(55-6)9-27(42)14-26-15-30(45)18-33(48)38(26)41(54)59-23(5)11-35(50)57-21(3)8-25-13-29(44)17-32(47)37(25)40(53)58-22(4)10-34(49)56-20(2)7-24-12-28(43)16-31(46)36(24)39(51)52/h12-13,15-23,43-48H,7-11,14H2,1-6H3,(H,51,52). The summed E-state index contributed by atoms with van der Waals surface area (Å²) in [7, 11) is 1.43. The van der Waals surface area contributed by atoms with Gasteiger partial charge in [-0.25, -0.2) is 14.4 Å². The molecule has 0 spiro atoms. The van der Waals surface area contributed by atoms with Crippen molar-refractivity contribution in [3.63, 3.8) is 0 Å². The number of hydrogen-bond donors (Lipinski definition) is 7. The van der Waals surface area contributed by atoms with Crippen molar-refractivity contribution in [2.45, 2.75) is 104 Å². The van der Waals surface area contributed by atoms with Crippen LogP contribution in [0.1, 0.15) is 102 Å². The van der Waals surface area contributed by atoms with Crippen molar-refractivity contribution in [1.29, 1.82) is 0 Å². The molecule has 0 saturated carbocycles. The third-order valence-electron chi connectivity index (χ3n) is 8.68. The summed E-state index contributed by atoms with van der Waals surface area (Å²) in [5, 5.41) is 70.3. The van der Waals surface area contributed by atoms with Crippen molar-refractivity contribution in [3.8, 4) is 34.5 Å². The SMILES string of the molecule is COC(C)CC(=O)Cc1cc(O)cc(O)c1C(=O)OC(C)CC(=O)OC(C)Cc1cc(O)cc(O)c1C(=O)OC(C)CC(=O)OC(C)Cc1cc(O)cc(O)c1C(=O)O. The van der Waals surface area contributed by atoms with Gasteiger partial charge in [0.15, 0.2) is 0 Å². The average Bonchev–Trinajstić information content (AvgIpc) is 3.06. The number of hydrogen-bond acceptors (Lipinski definition) is 17. The van der Waals surface area contributed by atoms with E-state index in [0.717, 1.165) is 36.4 Å². The van der Waals surface area contributed by atoms with E-state index in [0.29, 0.717) is 0 Å². The minimum atomic E-state index is -1.46. The highest BCUT2D eigenvalue weighted by Crippen LogP contribution is 2.32. The highest BCUT2D eigenvalue weighted by atomic mass is 16.6. The van der Waals surface area contributed by atoms with E-state index in [9.17, 15) is 64.5 Å². The molecule has 0 amide bonds. The van der Waals surface area contributed by atoms with E-state index < -0.39 is 119 Å². The van der Waals surface area contributed by atoms with Crippen molar-refractivity contribution < 1.29 is 88.2 Å². The van der Waals surface area contributed by atoms with Gasteiger partial charge in [-0.05, 0) is 69.5 Å². The van der Waals surface area contributed by atoms with Crippen molar-refractivity contribution in [1.82, 2.24) is 0 Å². The zero-order valence-electron chi connectivity index (χ0n) is 33.2. The zero-order chi connectivity index (χ0) is 44.3. The molecule has 0 saturated heterocycles. The minimum absolute atomic E-state index is 0.000601. The number of ketones is 1. The van der Waals surface area contributed by atoms with E-state index in [1.165, 1.54) is 34.8 Å². The average molecular weight is 829 g/mol. The first-order valence-electron chi connectivity index (χ1n) is 18.3. The highest BCUT2D eigenvalue weighted by Gasteiger charge is 2.28. The number of aromatic carboxylic acids is 1.